The number of amides is 1. The van der Waals surface area contributed by atoms with Crippen LogP contribution < -0.4 is 19.5 Å². The molecular formula is C30H32N4O7S2. The molecule has 1 aliphatic rings. The highest BCUT2D eigenvalue weighted by atomic mass is 32.2. The van der Waals surface area contributed by atoms with Crippen molar-refractivity contribution in [2.45, 2.75) is 16.2 Å². The molecule has 0 aliphatic carbocycles. The van der Waals surface area contributed by atoms with Gasteiger partial charge in [0.2, 0.25) is 5.91 Å². The zero-order valence-electron chi connectivity index (χ0n) is 23.4. The van der Waals surface area contributed by atoms with E-state index in [1.807, 2.05) is 0 Å². The van der Waals surface area contributed by atoms with Gasteiger partial charge in [0.05, 0.1) is 41.5 Å². The molecule has 0 saturated carbocycles. The van der Waals surface area contributed by atoms with E-state index < -0.39 is 20.0 Å². The number of nitrogens with zero attached hydrogens (tertiary/aromatic N) is 1. The van der Waals surface area contributed by atoms with E-state index in [0.29, 0.717) is 54.1 Å². The maximum atomic E-state index is 13.3. The topological polar surface area (TPSA) is 143 Å². The van der Waals surface area contributed by atoms with E-state index in [-0.39, 0.29) is 21.4 Å². The molecule has 4 aromatic rings. The van der Waals surface area contributed by atoms with Gasteiger partial charge in [0.15, 0.2) is 0 Å². The molecule has 0 unspecified atom stereocenters. The Hall–Kier alpha value is -4.17. The number of anilines is 3. The van der Waals surface area contributed by atoms with Crippen molar-refractivity contribution in [2.24, 2.45) is 0 Å². The maximum absolute atomic E-state index is 13.3. The third-order valence-corrected chi connectivity index (χ3v) is 9.75. The van der Waals surface area contributed by atoms with Crippen LogP contribution in [0.1, 0.15) is 6.42 Å². The first-order valence-corrected chi connectivity index (χ1v) is 16.5. The minimum atomic E-state index is -4.00. The summed E-state index contributed by atoms with van der Waals surface area (Å²) in [5, 5.41) is 3.82. The molecule has 0 aromatic heterocycles. The van der Waals surface area contributed by atoms with Crippen LogP contribution in [-0.4, -0.2) is 67.6 Å². The van der Waals surface area contributed by atoms with Crippen molar-refractivity contribution >= 4 is 53.8 Å². The standard InChI is InChI=1S/C30H32N4O7S2/c1-40-23-8-12-25(13-9-23)43(38,39)33-29-15-14-28(26-4-2-3-5-27(26)29)32-42(36,37)24-10-6-22(7-11-24)31-30(35)16-17-34-18-20-41-21-19-34/h2-15,32-33H,16-21H2,1H3,(H,31,35). The molecule has 0 spiro atoms. The Morgan fingerprint density at radius 1 is 0.767 bits per heavy atom. The molecule has 3 N–H and O–H groups in total. The van der Waals surface area contributed by atoms with E-state index in [9.17, 15) is 21.6 Å². The molecule has 226 valence electrons. The average molecular weight is 625 g/mol. The second-order valence-electron chi connectivity index (χ2n) is 9.87. The summed E-state index contributed by atoms with van der Waals surface area (Å²) in [7, 11) is -6.43. The van der Waals surface area contributed by atoms with Crippen LogP contribution in [0.25, 0.3) is 10.8 Å². The van der Waals surface area contributed by atoms with Crippen molar-refractivity contribution in [1.82, 2.24) is 4.90 Å². The number of methoxy groups -OCH3 is 1. The lowest BCUT2D eigenvalue weighted by Gasteiger charge is -2.26. The monoisotopic (exact) mass is 624 g/mol. The molecule has 13 heteroatoms. The molecule has 1 amide bonds. The Labute approximate surface area is 250 Å². The normalized spacial score (nSPS) is 14.3. The number of morpholine rings is 1. The fourth-order valence-electron chi connectivity index (χ4n) is 4.66. The summed E-state index contributed by atoms with van der Waals surface area (Å²) in [6, 6.07) is 21.8. The molecule has 1 fully saturated rings. The highest BCUT2D eigenvalue weighted by Crippen LogP contribution is 2.33. The van der Waals surface area contributed by atoms with Crippen molar-refractivity contribution in [3.05, 3.63) is 84.9 Å². The van der Waals surface area contributed by atoms with Crippen LogP contribution >= 0.6 is 0 Å². The van der Waals surface area contributed by atoms with Gasteiger partial charge in [-0.1, -0.05) is 24.3 Å². The van der Waals surface area contributed by atoms with Gasteiger partial charge in [-0.25, -0.2) is 16.8 Å². The molecule has 11 nitrogen and oxygen atoms in total. The zero-order chi connectivity index (χ0) is 30.5. The second-order valence-corrected chi connectivity index (χ2v) is 13.2. The van der Waals surface area contributed by atoms with Crippen molar-refractivity contribution in [3.8, 4) is 5.75 Å². The van der Waals surface area contributed by atoms with E-state index in [0.717, 1.165) is 13.1 Å². The van der Waals surface area contributed by atoms with Gasteiger partial charge in [-0.3, -0.25) is 19.1 Å². The molecule has 43 heavy (non-hydrogen) atoms. The number of hydrogen-bond donors (Lipinski definition) is 3. The fraction of sp³-hybridized carbons (Fsp3) is 0.233. The predicted octanol–water partition coefficient (Wildman–Crippen LogP) is 4.11. The van der Waals surface area contributed by atoms with Gasteiger partial charge in [0, 0.05) is 42.5 Å². The minimum absolute atomic E-state index is 0.00665. The van der Waals surface area contributed by atoms with Crippen LogP contribution in [0.15, 0.2) is 94.7 Å². The molecule has 4 aromatic carbocycles. The van der Waals surface area contributed by atoms with Gasteiger partial charge in [-0.05, 0) is 60.7 Å². The van der Waals surface area contributed by atoms with Crippen LogP contribution in [0, 0.1) is 0 Å². The molecule has 1 aliphatic heterocycles. The van der Waals surface area contributed by atoms with Crippen LogP contribution in [0.2, 0.25) is 0 Å². The van der Waals surface area contributed by atoms with Crippen molar-refractivity contribution in [3.63, 3.8) is 0 Å². The van der Waals surface area contributed by atoms with E-state index in [2.05, 4.69) is 19.7 Å². The molecule has 5 rings (SSSR count). The number of benzene rings is 4. The van der Waals surface area contributed by atoms with Gasteiger partial charge in [-0.15, -0.1) is 0 Å². The summed E-state index contributed by atoms with van der Waals surface area (Å²) in [6.07, 6.45) is 0.320. The third-order valence-electron chi connectivity index (χ3n) is 6.99. The van der Waals surface area contributed by atoms with Crippen LogP contribution in [0.5, 0.6) is 5.75 Å². The Kier molecular flexibility index (Phi) is 9.16. The average Bonchev–Trinajstić information content (AvgIpc) is 3.02. The third kappa shape index (κ3) is 7.43. The van der Waals surface area contributed by atoms with Gasteiger partial charge in [0.25, 0.3) is 20.0 Å². The van der Waals surface area contributed by atoms with Gasteiger partial charge in [-0.2, -0.15) is 0 Å². The number of fused-ring (bicyclic) bond motifs is 1. The first-order chi connectivity index (χ1) is 20.6. The molecule has 0 bridgehead atoms. The molecule has 0 radical (unpaired) electrons. The lowest BCUT2D eigenvalue weighted by molar-refractivity contribution is -0.116. The number of sulfonamides is 2. The summed E-state index contributed by atoms with van der Waals surface area (Å²) < 4.78 is 68.3. The Morgan fingerprint density at radius 3 is 1.79 bits per heavy atom. The maximum Gasteiger partial charge on any atom is 0.261 e. The summed E-state index contributed by atoms with van der Waals surface area (Å²) in [4.78, 5) is 14.6. The summed E-state index contributed by atoms with van der Waals surface area (Å²) >= 11 is 0. The quantitative estimate of drug-likeness (QED) is 0.226. The summed E-state index contributed by atoms with van der Waals surface area (Å²) in [6.45, 7) is 3.54. The molecule has 0 atom stereocenters. The highest BCUT2D eigenvalue weighted by Gasteiger charge is 2.20. The van der Waals surface area contributed by atoms with Crippen LogP contribution in [-0.2, 0) is 29.6 Å². The van der Waals surface area contributed by atoms with Crippen LogP contribution in [0.4, 0.5) is 17.1 Å². The molecular weight excluding hydrogens is 592 g/mol. The number of rotatable bonds is 11. The Bertz CT molecular complexity index is 1810. The van der Waals surface area contributed by atoms with Crippen LogP contribution in [0.3, 0.4) is 0 Å². The Morgan fingerprint density at radius 2 is 1.28 bits per heavy atom. The number of hydrogen-bond acceptors (Lipinski definition) is 8. The van der Waals surface area contributed by atoms with E-state index in [1.54, 1.807) is 36.4 Å². The van der Waals surface area contributed by atoms with Crippen molar-refractivity contribution in [2.75, 3.05) is 54.7 Å². The molecule has 1 saturated heterocycles. The SMILES string of the molecule is COc1ccc(S(=O)(=O)Nc2ccc(NS(=O)(=O)c3ccc(NC(=O)CCN4CCOCC4)cc3)c3ccccc23)cc1. The highest BCUT2D eigenvalue weighted by molar-refractivity contribution is 7.93. The van der Waals surface area contributed by atoms with Gasteiger partial charge in [0.1, 0.15) is 5.75 Å². The Balaban J connectivity index is 1.29. The largest absolute Gasteiger partial charge is 0.497 e. The lowest BCUT2D eigenvalue weighted by Crippen LogP contribution is -2.38. The summed E-state index contributed by atoms with van der Waals surface area (Å²) in [5.74, 6) is 0.370. The minimum Gasteiger partial charge on any atom is -0.497 e. The van der Waals surface area contributed by atoms with Gasteiger partial charge < -0.3 is 14.8 Å². The van der Waals surface area contributed by atoms with E-state index >= 15 is 0 Å². The predicted molar refractivity (Wildman–Crippen MR) is 166 cm³/mol. The molecule has 1 heterocycles. The van der Waals surface area contributed by atoms with Gasteiger partial charge >= 0.3 is 0 Å². The second kappa shape index (κ2) is 13.0. The lowest BCUT2D eigenvalue weighted by atomic mass is 10.1. The first kappa shape index (κ1) is 30.3. The van der Waals surface area contributed by atoms with Crippen molar-refractivity contribution in [1.29, 1.82) is 0 Å². The van der Waals surface area contributed by atoms with Crippen molar-refractivity contribution < 1.29 is 31.1 Å². The fourth-order valence-corrected chi connectivity index (χ4v) is 6.82. The van der Waals surface area contributed by atoms with E-state index in [4.69, 9.17) is 9.47 Å². The number of carbonyl (C=O) groups is 1. The van der Waals surface area contributed by atoms with E-state index in [1.165, 1.54) is 55.6 Å². The first-order valence-electron chi connectivity index (χ1n) is 13.6. The summed E-state index contributed by atoms with van der Waals surface area (Å²) in [5.41, 5.74) is 1.07. The number of ether oxygens (including phenoxy) is 2. The number of carbonyl (C=O) groups excluding carboxylic acids is 1. The number of nitrogens with one attached hydrogen (secondary N) is 3. The smallest absolute Gasteiger partial charge is 0.261 e. The zero-order valence-corrected chi connectivity index (χ0v) is 25.1.